The van der Waals surface area contributed by atoms with Crippen LogP contribution in [0.1, 0.15) is 12.5 Å². The lowest BCUT2D eigenvalue weighted by Crippen LogP contribution is -2.11. The number of hydrogen-bond acceptors (Lipinski definition) is 9. The molecule has 2 aromatic carbocycles. The predicted octanol–water partition coefficient (Wildman–Crippen LogP) is 4.28. The second kappa shape index (κ2) is 12.7. The first-order chi connectivity index (χ1) is 17.7. The summed E-state index contributed by atoms with van der Waals surface area (Å²) >= 11 is 2.93. The zero-order valence-corrected chi connectivity index (χ0v) is 23.3. The number of methoxy groups -OCH3 is 3. The first-order valence-electron chi connectivity index (χ1n) is 10.7. The van der Waals surface area contributed by atoms with Crippen LogP contribution in [-0.4, -0.2) is 64.9 Å². The maximum Gasteiger partial charge on any atom is 0.342 e. The summed E-state index contributed by atoms with van der Waals surface area (Å²) in [6.45, 7) is 1.85. The number of aromatic nitrogens is 3. The predicted molar refractivity (Wildman–Crippen MR) is 145 cm³/mol. The van der Waals surface area contributed by atoms with Gasteiger partial charge in [-0.25, -0.2) is 9.59 Å². The summed E-state index contributed by atoms with van der Waals surface area (Å²) in [5.41, 5.74) is 1.23. The number of benzene rings is 2. The molecule has 0 amide bonds. The third kappa shape index (κ3) is 6.85. The standard InChI is InChI=1S/C24H24IN3O8S/c1-5-28-22(14-9-15(33-2)11-16(10-14)34-3)26-27-24(28)37-19(23(31)32)8-13-6-17(25)21(18(7-13)35-4)36-12-20(29)30/h6-11H,5,12H2,1-4H3,(H,29,30)(H,31,32)/b19-8-. The summed E-state index contributed by atoms with van der Waals surface area (Å²) in [6, 6.07) is 8.57. The molecule has 0 unspecified atom stereocenters. The number of hydrogen-bond donors (Lipinski definition) is 2. The van der Waals surface area contributed by atoms with Gasteiger partial charge in [0.05, 0.1) is 24.9 Å². The van der Waals surface area contributed by atoms with Crippen molar-refractivity contribution in [3.05, 3.63) is 44.4 Å². The highest BCUT2D eigenvalue weighted by molar-refractivity contribution is 14.1. The van der Waals surface area contributed by atoms with Crippen LogP contribution in [0.4, 0.5) is 0 Å². The van der Waals surface area contributed by atoms with E-state index in [2.05, 4.69) is 10.2 Å². The van der Waals surface area contributed by atoms with Gasteiger partial charge in [0.2, 0.25) is 0 Å². The lowest BCUT2D eigenvalue weighted by Gasteiger charge is -2.13. The van der Waals surface area contributed by atoms with E-state index in [1.807, 2.05) is 29.5 Å². The average molecular weight is 641 g/mol. The van der Waals surface area contributed by atoms with Crippen molar-refractivity contribution in [3.63, 3.8) is 0 Å². The van der Waals surface area contributed by atoms with Crippen LogP contribution in [0.25, 0.3) is 17.5 Å². The van der Waals surface area contributed by atoms with Crippen molar-refractivity contribution in [1.82, 2.24) is 14.8 Å². The molecule has 1 heterocycles. The first-order valence-corrected chi connectivity index (χ1v) is 12.6. The highest BCUT2D eigenvalue weighted by Crippen LogP contribution is 2.37. The topological polar surface area (TPSA) is 142 Å². The van der Waals surface area contributed by atoms with Gasteiger partial charge in [0.1, 0.15) is 16.4 Å². The molecule has 196 valence electrons. The van der Waals surface area contributed by atoms with Gasteiger partial charge in [-0.05, 0) is 77.2 Å². The van der Waals surface area contributed by atoms with Crippen molar-refractivity contribution in [2.24, 2.45) is 0 Å². The van der Waals surface area contributed by atoms with Crippen LogP contribution in [0, 0.1) is 3.57 Å². The van der Waals surface area contributed by atoms with E-state index in [0.29, 0.717) is 43.7 Å². The zero-order valence-electron chi connectivity index (χ0n) is 20.4. The molecule has 3 aromatic rings. The summed E-state index contributed by atoms with van der Waals surface area (Å²) in [7, 11) is 4.52. The summed E-state index contributed by atoms with van der Waals surface area (Å²) in [5, 5.41) is 27.7. The van der Waals surface area contributed by atoms with E-state index < -0.39 is 18.5 Å². The van der Waals surface area contributed by atoms with E-state index in [1.54, 1.807) is 49.1 Å². The second-order valence-electron chi connectivity index (χ2n) is 7.28. The molecule has 0 spiro atoms. The molecule has 0 saturated carbocycles. The highest BCUT2D eigenvalue weighted by Gasteiger charge is 2.20. The summed E-state index contributed by atoms with van der Waals surface area (Å²) in [4.78, 5) is 23.0. The molecule has 1 aromatic heterocycles. The SMILES string of the molecule is CCn1c(S/C(=C\c2cc(I)c(OCC(=O)O)c(OC)c2)C(=O)O)nnc1-c1cc(OC)cc(OC)c1. The lowest BCUT2D eigenvalue weighted by molar-refractivity contribution is -0.139. The Labute approximate surface area is 230 Å². The van der Waals surface area contributed by atoms with Crippen LogP contribution < -0.4 is 18.9 Å². The molecule has 3 rings (SSSR count). The molecule has 0 radical (unpaired) electrons. The second-order valence-corrected chi connectivity index (χ2v) is 9.46. The van der Waals surface area contributed by atoms with E-state index >= 15 is 0 Å². The number of rotatable bonds is 12. The van der Waals surface area contributed by atoms with Crippen LogP contribution in [0.2, 0.25) is 0 Å². The third-order valence-electron chi connectivity index (χ3n) is 4.94. The molecule has 0 aliphatic rings. The minimum Gasteiger partial charge on any atom is -0.497 e. The minimum atomic E-state index is -1.15. The Hall–Kier alpha value is -3.46. The van der Waals surface area contributed by atoms with Gasteiger partial charge < -0.3 is 33.7 Å². The van der Waals surface area contributed by atoms with Gasteiger partial charge in [0.15, 0.2) is 29.1 Å². The monoisotopic (exact) mass is 641 g/mol. The Morgan fingerprint density at radius 1 is 1.03 bits per heavy atom. The van der Waals surface area contributed by atoms with Gasteiger partial charge >= 0.3 is 11.9 Å². The number of aliphatic carboxylic acids is 2. The number of ether oxygens (including phenoxy) is 4. The maximum atomic E-state index is 12.1. The molecular weight excluding hydrogens is 617 g/mol. The van der Waals surface area contributed by atoms with E-state index in [1.165, 1.54) is 13.2 Å². The molecule has 11 nitrogen and oxygen atoms in total. The maximum absolute atomic E-state index is 12.1. The Morgan fingerprint density at radius 3 is 2.24 bits per heavy atom. The van der Waals surface area contributed by atoms with E-state index in [-0.39, 0.29) is 16.4 Å². The fourth-order valence-corrected chi connectivity index (χ4v) is 4.95. The summed E-state index contributed by atoms with van der Waals surface area (Å²) in [5.74, 6) is -0.0441. The first kappa shape index (κ1) is 28.1. The third-order valence-corrected chi connectivity index (χ3v) is 6.74. The Morgan fingerprint density at radius 2 is 1.70 bits per heavy atom. The fraction of sp³-hybridized carbons (Fsp3) is 0.250. The zero-order chi connectivity index (χ0) is 27.1. The molecule has 13 heteroatoms. The number of nitrogens with zero attached hydrogens (tertiary/aromatic N) is 3. The van der Waals surface area contributed by atoms with Gasteiger partial charge in [-0.1, -0.05) is 0 Å². The van der Waals surface area contributed by atoms with Crippen LogP contribution in [0.5, 0.6) is 23.0 Å². The van der Waals surface area contributed by atoms with Crippen LogP contribution >= 0.6 is 34.4 Å². The van der Waals surface area contributed by atoms with Crippen molar-refractivity contribution in [2.75, 3.05) is 27.9 Å². The fourth-order valence-electron chi connectivity index (χ4n) is 3.28. The van der Waals surface area contributed by atoms with Gasteiger partial charge in [-0.3, -0.25) is 0 Å². The molecular formula is C24H24IN3O8S. The van der Waals surface area contributed by atoms with Crippen LogP contribution in [0.3, 0.4) is 0 Å². The van der Waals surface area contributed by atoms with Gasteiger partial charge in [-0.2, -0.15) is 0 Å². The number of carboxylic acid groups (broad SMARTS) is 2. The quantitative estimate of drug-likeness (QED) is 0.166. The normalized spacial score (nSPS) is 11.2. The number of halogens is 1. The molecule has 0 bridgehead atoms. The van der Waals surface area contributed by atoms with Gasteiger partial charge in [0.25, 0.3) is 0 Å². The minimum absolute atomic E-state index is 0.00562. The molecule has 37 heavy (non-hydrogen) atoms. The van der Waals surface area contributed by atoms with Crippen molar-refractivity contribution in [2.45, 2.75) is 18.6 Å². The molecule has 0 fully saturated rings. The number of carboxylic acids is 2. The number of carbonyl (C=O) groups is 2. The average Bonchev–Trinajstić information content (AvgIpc) is 3.29. The Bertz CT molecular complexity index is 1320. The van der Waals surface area contributed by atoms with Crippen molar-refractivity contribution in [3.8, 4) is 34.4 Å². The van der Waals surface area contributed by atoms with Crippen LogP contribution in [0.15, 0.2) is 40.4 Å². The van der Waals surface area contributed by atoms with Crippen molar-refractivity contribution >= 4 is 52.4 Å². The number of thioether (sulfide) groups is 1. The highest BCUT2D eigenvalue weighted by atomic mass is 127. The van der Waals surface area contributed by atoms with Crippen molar-refractivity contribution < 1.29 is 38.7 Å². The summed E-state index contributed by atoms with van der Waals surface area (Å²) < 4.78 is 23.7. The molecule has 0 aliphatic carbocycles. The van der Waals surface area contributed by atoms with E-state index in [9.17, 15) is 14.7 Å². The molecule has 2 N–H and O–H groups in total. The Kier molecular flexibility index (Phi) is 9.63. The molecule has 0 atom stereocenters. The van der Waals surface area contributed by atoms with Crippen molar-refractivity contribution in [1.29, 1.82) is 0 Å². The summed E-state index contributed by atoms with van der Waals surface area (Å²) in [6.07, 6.45) is 1.47. The smallest absolute Gasteiger partial charge is 0.342 e. The lowest BCUT2D eigenvalue weighted by atomic mass is 10.2. The van der Waals surface area contributed by atoms with Crippen LogP contribution in [-0.2, 0) is 16.1 Å². The molecule has 0 aliphatic heterocycles. The van der Waals surface area contributed by atoms with E-state index in [0.717, 1.165) is 11.8 Å². The van der Waals surface area contributed by atoms with E-state index in [4.69, 9.17) is 24.1 Å². The Balaban J connectivity index is 1.99. The van der Waals surface area contributed by atoms with Gasteiger partial charge in [-0.15, -0.1) is 10.2 Å². The van der Waals surface area contributed by atoms with Gasteiger partial charge in [0, 0.05) is 18.2 Å². The largest absolute Gasteiger partial charge is 0.497 e. The molecule has 0 saturated heterocycles.